The molecule has 1 rings (SSSR count). The molecule has 96 valence electrons. The van der Waals surface area contributed by atoms with E-state index in [2.05, 4.69) is 11.6 Å². The summed E-state index contributed by atoms with van der Waals surface area (Å²) >= 11 is 0. The molecular weight excluding hydrogens is 226 g/mol. The monoisotopic (exact) mass is 249 g/mol. The van der Waals surface area contributed by atoms with Crippen LogP contribution >= 0.6 is 0 Å². The lowest BCUT2D eigenvalue weighted by atomic mass is 9.96. The van der Waals surface area contributed by atoms with Crippen LogP contribution in [0.1, 0.15) is 34.1 Å². The summed E-state index contributed by atoms with van der Waals surface area (Å²) in [6.45, 7) is 8.52. The SMILES string of the molecule is CC1CCN(S(=O)(=O)NC(C)(C)C)CC1N. The van der Waals surface area contributed by atoms with Gasteiger partial charge >= 0.3 is 0 Å². The molecule has 0 aliphatic carbocycles. The highest BCUT2D eigenvalue weighted by Gasteiger charge is 2.32. The molecular formula is C10H23N3O2S. The second-order valence-corrected chi connectivity index (χ2v) is 7.32. The maximum Gasteiger partial charge on any atom is 0.279 e. The van der Waals surface area contributed by atoms with Crippen molar-refractivity contribution in [3.8, 4) is 0 Å². The third kappa shape index (κ3) is 3.69. The molecule has 16 heavy (non-hydrogen) atoms. The third-order valence-electron chi connectivity index (χ3n) is 2.75. The highest BCUT2D eigenvalue weighted by Crippen LogP contribution is 2.18. The van der Waals surface area contributed by atoms with Gasteiger partial charge in [0.1, 0.15) is 0 Å². The van der Waals surface area contributed by atoms with Crippen molar-refractivity contribution in [3.63, 3.8) is 0 Å². The van der Waals surface area contributed by atoms with E-state index in [1.54, 1.807) is 0 Å². The fourth-order valence-electron chi connectivity index (χ4n) is 1.74. The molecule has 0 aromatic heterocycles. The Hall–Kier alpha value is -0.170. The van der Waals surface area contributed by atoms with Gasteiger partial charge in [0.2, 0.25) is 0 Å². The van der Waals surface area contributed by atoms with Gasteiger partial charge in [-0.15, -0.1) is 0 Å². The molecule has 0 aromatic rings. The van der Waals surface area contributed by atoms with Crippen LogP contribution in [0.2, 0.25) is 0 Å². The molecule has 0 radical (unpaired) electrons. The van der Waals surface area contributed by atoms with Crippen LogP contribution in [0.3, 0.4) is 0 Å². The molecule has 3 N–H and O–H groups in total. The molecule has 6 heteroatoms. The predicted octanol–water partition coefficient (Wildman–Crippen LogP) is 0.288. The van der Waals surface area contributed by atoms with E-state index in [9.17, 15) is 8.42 Å². The highest BCUT2D eigenvalue weighted by molar-refractivity contribution is 7.87. The maximum absolute atomic E-state index is 12.0. The largest absolute Gasteiger partial charge is 0.326 e. The van der Waals surface area contributed by atoms with Crippen LogP contribution in [0.4, 0.5) is 0 Å². The van der Waals surface area contributed by atoms with E-state index in [4.69, 9.17) is 5.73 Å². The molecule has 5 nitrogen and oxygen atoms in total. The molecule has 1 aliphatic rings. The number of nitrogens with two attached hydrogens (primary N) is 1. The standard InChI is InChI=1S/C10H23N3O2S/c1-8-5-6-13(7-9(8)11)16(14,15)12-10(2,3)4/h8-9,12H,5-7,11H2,1-4H3. The summed E-state index contributed by atoms with van der Waals surface area (Å²) in [5, 5.41) is 0. The zero-order valence-corrected chi connectivity index (χ0v) is 11.3. The van der Waals surface area contributed by atoms with Crippen LogP contribution in [-0.4, -0.2) is 37.4 Å². The van der Waals surface area contributed by atoms with Crippen molar-refractivity contribution in [3.05, 3.63) is 0 Å². The van der Waals surface area contributed by atoms with Gasteiger partial charge in [0.15, 0.2) is 0 Å². The summed E-state index contributed by atoms with van der Waals surface area (Å²) < 4.78 is 28.1. The smallest absolute Gasteiger partial charge is 0.279 e. The van der Waals surface area contributed by atoms with Crippen molar-refractivity contribution in [2.24, 2.45) is 11.7 Å². The fourth-order valence-corrected chi connectivity index (χ4v) is 3.35. The normalized spacial score (nSPS) is 29.3. The molecule has 2 atom stereocenters. The highest BCUT2D eigenvalue weighted by atomic mass is 32.2. The molecule has 0 aromatic carbocycles. The van der Waals surface area contributed by atoms with Gasteiger partial charge in [0, 0.05) is 24.7 Å². The van der Waals surface area contributed by atoms with Gasteiger partial charge in [-0.25, -0.2) is 0 Å². The van der Waals surface area contributed by atoms with Crippen LogP contribution in [0, 0.1) is 5.92 Å². The summed E-state index contributed by atoms with van der Waals surface area (Å²) in [6.07, 6.45) is 0.826. The van der Waals surface area contributed by atoms with Gasteiger partial charge in [-0.1, -0.05) is 6.92 Å². The third-order valence-corrected chi connectivity index (χ3v) is 4.64. The van der Waals surface area contributed by atoms with E-state index < -0.39 is 15.7 Å². The van der Waals surface area contributed by atoms with Gasteiger partial charge < -0.3 is 5.73 Å². The number of rotatable bonds is 2. The first kappa shape index (κ1) is 13.9. The zero-order valence-electron chi connectivity index (χ0n) is 10.5. The Kier molecular flexibility index (Phi) is 3.99. The van der Waals surface area contributed by atoms with Gasteiger partial charge in [0.05, 0.1) is 0 Å². The predicted molar refractivity (Wildman–Crippen MR) is 65.1 cm³/mol. The Morgan fingerprint density at radius 1 is 1.38 bits per heavy atom. The van der Waals surface area contributed by atoms with Crippen molar-refractivity contribution < 1.29 is 8.42 Å². The molecule has 0 bridgehead atoms. The number of nitrogens with zero attached hydrogens (tertiary/aromatic N) is 1. The molecule has 0 spiro atoms. The Morgan fingerprint density at radius 3 is 2.38 bits per heavy atom. The second kappa shape index (κ2) is 4.60. The molecule has 0 amide bonds. The Morgan fingerprint density at radius 2 is 1.94 bits per heavy atom. The van der Waals surface area contributed by atoms with Crippen molar-refractivity contribution in [1.82, 2.24) is 9.03 Å². The average Bonchev–Trinajstić information content (AvgIpc) is 2.05. The molecule has 1 heterocycles. The summed E-state index contributed by atoms with van der Waals surface area (Å²) in [5.74, 6) is 0.390. The van der Waals surface area contributed by atoms with Crippen LogP contribution < -0.4 is 10.5 Å². The lowest BCUT2D eigenvalue weighted by molar-refractivity contribution is 0.248. The minimum absolute atomic E-state index is 0.0645. The average molecular weight is 249 g/mol. The van der Waals surface area contributed by atoms with Gasteiger partial charge in [-0.05, 0) is 33.1 Å². The van der Waals surface area contributed by atoms with E-state index in [1.807, 2.05) is 20.8 Å². The van der Waals surface area contributed by atoms with Crippen molar-refractivity contribution in [2.75, 3.05) is 13.1 Å². The van der Waals surface area contributed by atoms with Crippen molar-refractivity contribution in [2.45, 2.75) is 45.7 Å². The number of nitrogens with one attached hydrogen (secondary N) is 1. The Balaban J connectivity index is 2.71. The zero-order chi connectivity index (χ0) is 12.6. The van der Waals surface area contributed by atoms with Crippen molar-refractivity contribution >= 4 is 10.2 Å². The van der Waals surface area contributed by atoms with E-state index in [0.29, 0.717) is 19.0 Å². The van der Waals surface area contributed by atoms with Crippen molar-refractivity contribution in [1.29, 1.82) is 0 Å². The van der Waals surface area contributed by atoms with E-state index in [-0.39, 0.29) is 6.04 Å². The Labute approximate surface area is 98.6 Å². The number of hydrogen-bond donors (Lipinski definition) is 2. The quantitative estimate of drug-likeness (QED) is 0.738. The maximum atomic E-state index is 12.0. The van der Waals surface area contributed by atoms with Gasteiger partial charge in [0.25, 0.3) is 10.2 Å². The van der Waals surface area contributed by atoms with Crippen LogP contribution in [0.15, 0.2) is 0 Å². The van der Waals surface area contributed by atoms with Gasteiger partial charge in [-0.2, -0.15) is 17.4 Å². The fraction of sp³-hybridized carbons (Fsp3) is 1.00. The van der Waals surface area contributed by atoms with E-state index >= 15 is 0 Å². The topological polar surface area (TPSA) is 75.4 Å². The van der Waals surface area contributed by atoms with Crippen LogP contribution in [-0.2, 0) is 10.2 Å². The molecule has 1 aliphatic heterocycles. The van der Waals surface area contributed by atoms with Crippen LogP contribution in [0.5, 0.6) is 0 Å². The number of piperidine rings is 1. The molecule has 2 unspecified atom stereocenters. The minimum atomic E-state index is -3.39. The molecule has 0 saturated carbocycles. The molecule has 1 fully saturated rings. The lowest BCUT2D eigenvalue weighted by Crippen LogP contribution is -2.55. The van der Waals surface area contributed by atoms with Gasteiger partial charge in [-0.3, -0.25) is 0 Å². The summed E-state index contributed by atoms with van der Waals surface area (Å²) in [7, 11) is -3.39. The second-order valence-electron chi connectivity index (χ2n) is 5.64. The summed E-state index contributed by atoms with van der Waals surface area (Å²) in [4.78, 5) is 0. The first-order chi connectivity index (χ1) is 7.12. The summed E-state index contributed by atoms with van der Waals surface area (Å²) in [6, 6.07) is -0.0645. The van der Waals surface area contributed by atoms with Crippen LogP contribution in [0.25, 0.3) is 0 Å². The van der Waals surface area contributed by atoms with E-state index in [1.165, 1.54) is 4.31 Å². The Bertz CT molecular complexity index is 334. The first-order valence-electron chi connectivity index (χ1n) is 5.66. The first-order valence-corrected chi connectivity index (χ1v) is 7.10. The minimum Gasteiger partial charge on any atom is -0.326 e. The molecule has 1 saturated heterocycles. The summed E-state index contributed by atoms with van der Waals surface area (Å²) in [5.41, 5.74) is 5.44. The van der Waals surface area contributed by atoms with E-state index in [0.717, 1.165) is 6.42 Å². The number of hydrogen-bond acceptors (Lipinski definition) is 3. The lowest BCUT2D eigenvalue weighted by Gasteiger charge is -2.35.